The molecule has 1 saturated heterocycles. The number of hydrogen-bond acceptors (Lipinski definition) is 5. The number of hydrogen-bond donors (Lipinski definition) is 1. The molecule has 2 aliphatic heterocycles. The van der Waals surface area contributed by atoms with Crippen LogP contribution in [0.5, 0.6) is 0 Å². The molecule has 0 unspecified atom stereocenters. The van der Waals surface area contributed by atoms with E-state index in [1.807, 2.05) is 6.20 Å². The summed E-state index contributed by atoms with van der Waals surface area (Å²) in [5, 5.41) is 3.78. The fraction of sp³-hybridized carbons (Fsp3) is 0.520. The van der Waals surface area contributed by atoms with Crippen LogP contribution < -0.4 is 10.2 Å². The predicted molar refractivity (Wildman–Crippen MR) is 131 cm³/mol. The molecule has 1 fully saturated rings. The Bertz CT molecular complexity index is 1040. The van der Waals surface area contributed by atoms with Crippen LogP contribution in [0.3, 0.4) is 0 Å². The third kappa shape index (κ3) is 4.38. The molecular weight excluding hydrogens is 404 g/mol. The molecule has 0 bridgehead atoms. The standard InChI is InChI=1S/C25H34N4OS/c1-28(24-10-3-6-19-8-5-11-26-25(19)24)18-21-16-22-20(17-27-21)7-4-9-23(22)29-12-14-31(2,30)15-13-29/h4-5,7-9,11,21,24,27H,2-3,6,10,12-18H2,1H3/t21-,24+/m1/s1. The average Bonchev–Trinajstić information content (AvgIpc) is 2.78. The van der Waals surface area contributed by atoms with Gasteiger partial charge in [-0.1, -0.05) is 18.2 Å². The van der Waals surface area contributed by atoms with Crippen molar-refractivity contribution in [3.63, 3.8) is 0 Å². The van der Waals surface area contributed by atoms with Crippen LogP contribution in [0.4, 0.5) is 5.69 Å². The van der Waals surface area contributed by atoms with Crippen molar-refractivity contribution in [2.75, 3.05) is 43.1 Å². The molecule has 0 radical (unpaired) electrons. The van der Waals surface area contributed by atoms with Crippen LogP contribution in [0, 0.1) is 0 Å². The highest BCUT2D eigenvalue weighted by atomic mass is 32.2. The van der Waals surface area contributed by atoms with E-state index in [1.54, 1.807) is 0 Å². The third-order valence-corrected chi connectivity index (χ3v) is 9.15. The Hall–Kier alpha value is -1.89. The summed E-state index contributed by atoms with van der Waals surface area (Å²) in [7, 11) is 0.382. The van der Waals surface area contributed by atoms with Crippen molar-refractivity contribution < 1.29 is 4.21 Å². The first-order chi connectivity index (χ1) is 15.0. The van der Waals surface area contributed by atoms with E-state index < -0.39 is 9.52 Å². The minimum atomic E-state index is -1.88. The van der Waals surface area contributed by atoms with Gasteiger partial charge in [0.1, 0.15) is 0 Å². The molecule has 3 heterocycles. The van der Waals surface area contributed by atoms with E-state index in [-0.39, 0.29) is 0 Å². The lowest BCUT2D eigenvalue weighted by Gasteiger charge is -2.38. The maximum absolute atomic E-state index is 12.3. The number of rotatable bonds is 4. The van der Waals surface area contributed by atoms with Gasteiger partial charge in [0.15, 0.2) is 0 Å². The van der Waals surface area contributed by atoms with Crippen LogP contribution in [-0.4, -0.2) is 64.2 Å². The Kier molecular flexibility index (Phi) is 5.80. The van der Waals surface area contributed by atoms with Crippen LogP contribution in [-0.2, 0) is 28.9 Å². The molecule has 31 heavy (non-hydrogen) atoms. The average molecular weight is 439 g/mol. The lowest BCUT2D eigenvalue weighted by Crippen LogP contribution is -2.46. The molecule has 1 aromatic heterocycles. The van der Waals surface area contributed by atoms with Crippen molar-refractivity contribution in [1.82, 2.24) is 15.2 Å². The van der Waals surface area contributed by atoms with E-state index in [4.69, 9.17) is 4.98 Å². The van der Waals surface area contributed by atoms with Crippen LogP contribution in [0.15, 0.2) is 36.5 Å². The molecule has 166 valence electrons. The summed E-state index contributed by atoms with van der Waals surface area (Å²) in [6, 6.07) is 11.8. The summed E-state index contributed by atoms with van der Waals surface area (Å²) in [5.41, 5.74) is 6.91. The monoisotopic (exact) mass is 438 g/mol. The summed E-state index contributed by atoms with van der Waals surface area (Å²) in [5.74, 6) is 5.34. The topological polar surface area (TPSA) is 48.5 Å². The second-order valence-electron chi connectivity index (χ2n) is 9.45. The summed E-state index contributed by atoms with van der Waals surface area (Å²) >= 11 is 0. The predicted octanol–water partition coefficient (Wildman–Crippen LogP) is 2.64. The number of fused-ring (bicyclic) bond motifs is 2. The van der Waals surface area contributed by atoms with E-state index in [0.717, 1.165) is 39.0 Å². The molecule has 1 N–H and O–H groups in total. The van der Waals surface area contributed by atoms with Gasteiger partial charge >= 0.3 is 0 Å². The third-order valence-electron chi connectivity index (χ3n) is 7.29. The van der Waals surface area contributed by atoms with Crippen molar-refractivity contribution in [3.05, 3.63) is 58.9 Å². The molecule has 6 heteroatoms. The normalized spacial score (nSPS) is 25.2. The summed E-state index contributed by atoms with van der Waals surface area (Å²) in [4.78, 5) is 9.68. The minimum Gasteiger partial charge on any atom is -0.370 e. The molecule has 1 aromatic carbocycles. The van der Waals surface area contributed by atoms with Gasteiger partial charge in [0.25, 0.3) is 0 Å². The molecule has 2 aromatic rings. The van der Waals surface area contributed by atoms with Crippen LogP contribution >= 0.6 is 0 Å². The first-order valence-electron chi connectivity index (χ1n) is 11.6. The fourth-order valence-corrected chi connectivity index (χ4v) is 6.83. The molecule has 0 spiro atoms. The molecule has 1 aliphatic carbocycles. The summed E-state index contributed by atoms with van der Waals surface area (Å²) in [6.07, 6.45) is 6.56. The minimum absolute atomic E-state index is 0.413. The van der Waals surface area contributed by atoms with Gasteiger partial charge in [0.2, 0.25) is 0 Å². The zero-order chi connectivity index (χ0) is 21.4. The quantitative estimate of drug-likeness (QED) is 0.744. The van der Waals surface area contributed by atoms with Crippen molar-refractivity contribution in [3.8, 4) is 0 Å². The van der Waals surface area contributed by atoms with Crippen LogP contribution in [0.2, 0.25) is 0 Å². The SMILES string of the molecule is C=S1(=O)CCN(c2cccc3c2C[C@H](CN(C)[C@H]2CCCc4cccnc42)NC3)CC1. The van der Waals surface area contributed by atoms with Crippen molar-refractivity contribution in [2.45, 2.75) is 44.3 Å². The Balaban J connectivity index is 1.31. The Morgan fingerprint density at radius 2 is 2.03 bits per heavy atom. The van der Waals surface area contributed by atoms with Crippen molar-refractivity contribution >= 4 is 21.1 Å². The molecule has 5 rings (SSSR count). The smallest absolute Gasteiger partial charge is 0.0607 e. The second-order valence-corrected chi connectivity index (χ2v) is 12.2. The van der Waals surface area contributed by atoms with E-state index in [9.17, 15) is 4.21 Å². The number of anilines is 1. The van der Waals surface area contributed by atoms with Gasteiger partial charge in [-0.15, -0.1) is 0 Å². The van der Waals surface area contributed by atoms with Gasteiger partial charge in [-0.3, -0.25) is 14.1 Å². The van der Waals surface area contributed by atoms with Gasteiger partial charge in [0.05, 0.1) is 11.7 Å². The van der Waals surface area contributed by atoms with E-state index in [0.29, 0.717) is 23.6 Å². The zero-order valence-electron chi connectivity index (χ0n) is 18.6. The highest BCUT2D eigenvalue weighted by molar-refractivity contribution is 8.00. The number of nitrogens with zero attached hydrogens (tertiary/aromatic N) is 3. The number of aromatic nitrogens is 1. The van der Waals surface area contributed by atoms with Gasteiger partial charge < -0.3 is 10.2 Å². The summed E-state index contributed by atoms with van der Waals surface area (Å²) < 4.78 is 12.3. The second kappa shape index (κ2) is 8.57. The molecule has 2 atom stereocenters. The number of aryl methyl sites for hydroxylation is 1. The van der Waals surface area contributed by atoms with Gasteiger partial charge in [-0.05, 0) is 76.9 Å². The number of nitrogens with one attached hydrogen (secondary N) is 1. The maximum atomic E-state index is 12.3. The molecule has 5 nitrogen and oxygen atoms in total. The van der Waals surface area contributed by atoms with Crippen LogP contribution in [0.1, 0.15) is 41.3 Å². The first kappa shape index (κ1) is 21.0. The lowest BCUT2D eigenvalue weighted by atomic mass is 9.89. The zero-order valence-corrected chi connectivity index (χ0v) is 19.4. The van der Waals surface area contributed by atoms with Crippen LogP contribution in [0.25, 0.3) is 0 Å². The van der Waals surface area contributed by atoms with Crippen molar-refractivity contribution in [1.29, 1.82) is 0 Å². The lowest BCUT2D eigenvalue weighted by molar-refractivity contribution is 0.191. The van der Waals surface area contributed by atoms with Gasteiger partial charge in [-0.25, -0.2) is 0 Å². The number of likely N-dealkylation sites (N-methyl/N-ethyl adjacent to an activating group) is 1. The van der Waals surface area contributed by atoms with Gasteiger partial charge in [0, 0.05) is 55.6 Å². The van der Waals surface area contributed by atoms with E-state index in [2.05, 4.69) is 58.4 Å². The largest absolute Gasteiger partial charge is 0.370 e. The molecule has 0 saturated carbocycles. The van der Waals surface area contributed by atoms with E-state index >= 15 is 0 Å². The first-order valence-corrected chi connectivity index (χ1v) is 13.6. The number of benzene rings is 1. The Morgan fingerprint density at radius 1 is 1.23 bits per heavy atom. The van der Waals surface area contributed by atoms with Gasteiger partial charge in [-0.2, -0.15) is 0 Å². The molecule has 0 amide bonds. The summed E-state index contributed by atoms with van der Waals surface area (Å²) in [6.45, 7) is 3.63. The molecule has 3 aliphatic rings. The van der Waals surface area contributed by atoms with Crippen molar-refractivity contribution in [2.24, 2.45) is 0 Å². The fourth-order valence-electron chi connectivity index (χ4n) is 5.52. The molecular formula is C25H34N4OS. The highest BCUT2D eigenvalue weighted by Gasteiger charge is 2.29. The van der Waals surface area contributed by atoms with E-state index in [1.165, 1.54) is 40.9 Å². The number of pyridine rings is 1. The maximum Gasteiger partial charge on any atom is 0.0607 e. The Morgan fingerprint density at radius 3 is 2.87 bits per heavy atom. The Labute approximate surface area is 186 Å². The highest BCUT2D eigenvalue weighted by Crippen LogP contribution is 2.33.